The highest BCUT2D eigenvalue weighted by Crippen LogP contribution is 2.55. The van der Waals surface area contributed by atoms with E-state index in [1.807, 2.05) is 0 Å². The molecule has 4 atom stereocenters. The molecule has 9 N–H and O–H groups in total. The molecule has 0 bridgehead atoms. The van der Waals surface area contributed by atoms with E-state index in [0.717, 1.165) is 12.1 Å². The second-order valence-corrected chi connectivity index (χ2v) is 10.2. The molecule has 4 aromatic rings. The third-order valence-corrected chi connectivity index (χ3v) is 7.62. The second kappa shape index (κ2) is 9.49. The van der Waals surface area contributed by atoms with Crippen LogP contribution in [0.25, 0.3) is 0 Å². The van der Waals surface area contributed by atoms with E-state index in [1.165, 1.54) is 30.3 Å². The van der Waals surface area contributed by atoms with Crippen molar-refractivity contribution in [3.05, 3.63) is 82.4 Å². The van der Waals surface area contributed by atoms with Gasteiger partial charge in [0.2, 0.25) is 0 Å². The first-order valence-corrected chi connectivity index (χ1v) is 12.7. The van der Waals surface area contributed by atoms with E-state index in [9.17, 15) is 46.0 Å². The first-order chi connectivity index (χ1) is 19.5. The molecule has 41 heavy (non-hydrogen) atoms. The fraction of sp³-hybridized carbons (Fsp3) is 0.200. The number of phenols is 8. The molecule has 6 rings (SSSR count). The third-order valence-electron chi connectivity index (χ3n) is 7.62. The quantitative estimate of drug-likeness (QED) is 0.165. The largest absolute Gasteiger partial charge is 0.508 e. The van der Waals surface area contributed by atoms with Crippen LogP contribution in [0.4, 0.5) is 0 Å². The number of ether oxygens (including phenoxy) is 2. The van der Waals surface area contributed by atoms with Crippen molar-refractivity contribution in [3.63, 3.8) is 0 Å². The van der Waals surface area contributed by atoms with Gasteiger partial charge in [-0.25, -0.2) is 0 Å². The zero-order valence-corrected chi connectivity index (χ0v) is 21.3. The van der Waals surface area contributed by atoms with Crippen molar-refractivity contribution in [3.8, 4) is 57.5 Å². The van der Waals surface area contributed by atoms with Gasteiger partial charge in [0.25, 0.3) is 0 Å². The van der Waals surface area contributed by atoms with Gasteiger partial charge in [-0.2, -0.15) is 0 Å². The van der Waals surface area contributed by atoms with Crippen molar-refractivity contribution in [1.29, 1.82) is 0 Å². The minimum Gasteiger partial charge on any atom is -0.508 e. The Morgan fingerprint density at radius 3 is 1.88 bits per heavy atom. The number of fused-ring (bicyclic) bond motifs is 2. The van der Waals surface area contributed by atoms with Crippen molar-refractivity contribution in [2.75, 3.05) is 0 Å². The van der Waals surface area contributed by atoms with Gasteiger partial charge in [0.15, 0.2) is 23.0 Å². The Balaban J connectivity index is 1.44. The molecule has 0 unspecified atom stereocenters. The lowest BCUT2D eigenvalue weighted by Gasteiger charge is -2.32. The Hall–Kier alpha value is -5.16. The van der Waals surface area contributed by atoms with Crippen LogP contribution in [-0.2, 0) is 12.8 Å². The fourth-order valence-electron chi connectivity index (χ4n) is 5.65. The summed E-state index contributed by atoms with van der Waals surface area (Å²) in [6, 6.07) is 11.9. The summed E-state index contributed by atoms with van der Waals surface area (Å²) in [5.41, 5.74) is 1.53. The Labute approximate surface area is 232 Å². The highest BCUT2D eigenvalue weighted by atomic mass is 16.5. The smallest absolute Gasteiger partial charge is 0.157 e. The summed E-state index contributed by atoms with van der Waals surface area (Å²) in [6.07, 6.45) is -3.02. The van der Waals surface area contributed by atoms with Crippen molar-refractivity contribution >= 4 is 0 Å². The average Bonchev–Trinajstić information content (AvgIpc) is 3.28. The van der Waals surface area contributed by atoms with E-state index < -0.39 is 30.0 Å². The molecule has 2 heterocycles. The molecule has 0 aliphatic carbocycles. The summed E-state index contributed by atoms with van der Waals surface area (Å²) in [5, 5.41) is 92.7. The molecule has 2 aliphatic rings. The highest BCUT2D eigenvalue weighted by molar-refractivity contribution is 5.64. The van der Waals surface area contributed by atoms with Gasteiger partial charge >= 0.3 is 0 Å². The number of hydrogen-bond acceptors (Lipinski definition) is 11. The fourth-order valence-corrected chi connectivity index (χ4v) is 5.65. The predicted molar refractivity (Wildman–Crippen MR) is 142 cm³/mol. The van der Waals surface area contributed by atoms with Crippen LogP contribution in [0.2, 0.25) is 0 Å². The molecular weight excluding hydrogens is 536 g/mol. The first kappa shape index (κ1) is 26.1. The van der Waals surface area contributed by atoms with Gasteiger partial charge in [-0.05, 0) is 35.4 Å². The summed E-state index contributed by atoms with van der Waals surface area (Å²) in [4.78, 5) is 0. The lowest BCUT2D eigenvalue weighted by atomic mass is 9.82. The number of rotatable bonds is 4. The van der Waals surface area contributed by atoms with Gasteiger partial charge < -0.3 is 55.4 Å². The maximum atomic E-state index is 11.5. The Morgan fingerprint density at radius 2 is 1.24 bits per heavy atom. The number of aromatic hydroxyl groups is 8. The Morgan fingerprint density at radius 1 is 0.634 bits per heavy atom. The van der Waals surface area contributed by atoms with Crippen LogP contribution in [-0.4, -0.2) is 58.2 Å². The topological polar surface area (TPSA) is 201 Å². The summed E-state index contributed by atoms with van der Waals surface area (Å²) in [6.45, 7) is 0. The molecule has 11 nitrogen and oxygen atoms in total. The maximum absolute atomic E-state index is 11.5. The van der Waals surface area contributed by atoms with E-state index in [1.54, 1.807) is 12.1 Å². The van der Waals surface area contributed by atoms with Crippen LogP contribution in [0.3, 0.4) is 0 Å². The standard InChI is InChI=1S/C30H26O11/c31-14-7-19(34)15(20(35)8-14)10-25-27(12-1-3-17(32)21(36)5-12)28-26(40-25)11-24-16(29(28)39)9-23(38)30(41-24)13-2-4-18(33)22(37)6-13/h1-8,11,23,25,27,30-39H,9-10H2/t23-,25+,27-,30+/m0/s1. The van der Waals surface area contributed by atoms with Gasteiger partial charge in [-0.3, -0.25) is 0 Å². The number of phenolic OH excluding ortho intramolecular Hbond substituents is 8. The molecule has 0 amide bonds. The summed E-state index contributed by atoms with van der Waals surface area (Å²) >= 11 is 0. The number of aliphatic hydroxyl groups is 1. The number of hydrogen-bond donors (Lipinski definition) is 9. The van der Waals surface area contributed by atoms with E-state index >= 15 is 0 Å². The minimum atomic E-state index is -1.13. The van der Waals surface area contributed by atoms with Gasteiger partial charge in [0.05, 0.1) is 12.0 Å². The molecule has 0 saturated carbocycles. The molecule has 11 heteroatoms. The average molecular weight is 563 g/mol. The lowest BCUT2D eigenvalue weighted by molar-refractivity contribution is 0.0196. The Kier molecular flexibility index (Phi) is 6.04. The molecule has 0 radical (unpaired) electrons. The molecule has 0 spiro atoms. The molecule has 212 valence electrons. The van der Waals surface area contributed by atoms with Crippen LogP contribution in [0.15, 0.2) is 54.6 Å². The van der Waals surface area contributed by atoms with E-state index in [2.05, 4.69) is 0 Å². The summed E-state index contributed by atoms with van der Waals surface area (Å²) in [5.74, 6) is -3.10. The zero-order valence-electron chi connectivity index (χ0n) is 21.3. The van der Waals surface area contributed by atoms with Crippen molar-refractivity contribution in [2.24, 2.45) is 0 Å². The van der Waals surface area contributed by atoms with Crippen molar-refractivity contribution in [2.45, 2.75) is 37.1 Å². The molecule has 0 fully saturated rings. The van der Waals surface area contributed by atoms with Crippen molar-refractivity contribution in [1.82, 2.24) is 0 Å². The molecule has 2 aliphatic heterocycles. The second-order valence-electron chi connectivity index (χ2n) is 10.2. The van der Waals surface area contributed by atoms with Crippen LogP contribution in [0.1, 0.15) is 39.8 Å². The van der Waals surface area contributed by atoms with Crippen LogP contribution in [0.5, 0.6) is 57.5 Å². The SMILES string of the molecule is Oc1cc(O)c(C[C@H]2Oc3cc4c(c(O)c3[C@H]2c2ccc(O)c(O)c2)C[C@H](O)[C@@H](c2ccc(O)c(O)c2)O4)c(O)c1. The van der Waals surface area contributed by atoms with Crippen LogP contribution in [0, 0.1) is 0 Å². The number of benzene rings is 4. The van der Waals surface area contributed by atoms with Gasteiger partial charge in [0.1, 0.15) is 46.7 Å². The molecule has 0 aromatic heterocycles. The maximum Gasteiger partial charge on any atom is 0.157 e. The predicted octanol–water partition coefficient (Wildman–Crippen LogP) is 3.50. The van der Waals surface area contributed by atoms with Gasteiger partial charge in [-0.15, -0.1) is 0 Å². The van der Waals surface area contributed by atoms with Crippen LogP contribution < -0.4 is 9.47 Å². The number of aliphatic hydroxyl groups excluding tert-OH is 1. The molecule has 4 aromatic carbocycles. The zero-order chi connectivity index (χ0) is 29.2. The summed E-state index contributed by atoms with van der Waals surface area (Å²) < 4.78 is 12.3. The normalized spacial score (nSPS) is 21.0. The van der Waals surface area contributed by atoms with Gasteiger partial charge in [-0.1, -0.05) is 12.1 Å². The third kappa shape index (κ3) is 4.36. The Bertz CT molecular complexity index is 1660. The molecular formula is C30H26O11. The highest BCUT2D eigenvalue weighted by Gasteiger charge is 2.43. The van der Waals surface area contributed by atoms with Gasteiger partial charge in [0, 0.05) is 47.7 Å². The van der Waals surface area contributed by atoms with Crippen LogP contribution >= 0.6 is 0 Å². The van der Waals surface area contributed by atoms with E-state index in [0.29, 0.717) is 22.3 Å². The minimum absolute atomic E-state index is 0.0293. The lowest BCUT2D eigenvalue weighted by Crippen LogP contribution is -2.30. The summed E-state index contributed by atoms with van der Waals surface area (Å²) in [7, 11) is 0. The van der Waals surface area contributed by atoms with E-state index in [4.69, 9.17) is 9.47 Å². The molecule has 0 saturated heterocycles. The monoisotopic (exact) mass is 562 g/mol. The van der Waals surface area contributed by atoms with E-state index in [-0.39, 0.29) is 70.2 Å². The van der Waals surface area contributed by atoms with Crippen molar-refractivity contribution < 1.29 is 55.4 Å². The first-order valence-electron chi connectivity index (χ1n) is 12.7.